The average Bonchev–Trinajstić information content (AvgIpc) is 3.65. The van der Waals surface area contributed by atoms with Gasteiger partial charge in [0.25, 0.3) is 17.7 Å². The first-order valence-corrected chi connectivity index (χ1v) is 18.1. The van der Waals surface area contributed by atoms with E-state index in [9.17, 15) is 28.9 Å². The molecule has 0 aromatic carbocycles. The standard InChI is InChI=1S/C35H52N8O6/c1-5-10-25(28(44)32(47)38-23-15-16-23)41-43(49)33-24-14-9-13-22(24)20-42(33)34(48)29(35(2,3)4)40-31(46)27(21-11-7-6-8-12-21)39-30(45)26-19-36-17-18-37-26/h17-19,21-25,27,29,33H,5-16,20H2,1-4H3,(H3-,38,39,40,41,45,46,47,49)/p+1/t22-,24-,25-,27-,29+,33+/m0/s1. The summed E-state index contributed by atoms with van der Waals surface area (Å²) in [5.74, 6) is -2.89. The molecule has 268 valence electrons. The largest absolute Gasteiger partial charge is 0.347 e. The van der Waals surface area contributed by atoms with Gasteiger partial charge < -0.3 is 16.0 Å². The van der Waals surface area contributed by atoms with Crippen LogP contribution in [0.2, 0.25) is 0 Å². The lowest BCUT2D eigenvalue weighted by atomic mass is 9.82. The maximum atomic E-state index is 14.6. The molecule has 0 bridgehead atoms. The van der Waals surface area contributed by atoms with Crippen molar-refractivity contribution in [1.82, 2.24) is 36.2 Å². The van der Waals surface area contributed by atoms with Gasteiger partial charge in [0, 0.05) is 25.0 Å². The second-order valence-electron chi connectivity index (χ2n) is 15.4. The molecule has 4 fully saturated rings. The quantitative estimate of drug-likeness (QED) is 0.130. The minimum atomic E-state index is -1.02. The Kier molecular flexibility index (Phi) is 11.6. The Labute approximate surface area is 288 Å². The first-order valence-electron chi connectivity index (χ1n) is 18.1. The highest BCUT2D eigenvalue weighted by Crippen LogP contribution is 2.43. The maximum Gasteiger partial charge on any atom is 0.313 e. The third kappa shape index (κ3) is 8.80. The molecular weight excluding hydrogens is 628 g/mol. The topological polar surface area (TPSA) is 183 Å². The predicted octanol–water partition coefficient (Wildman–Crippen LogP) is 2.57. The molecule has 0 unspecified atom stereocenters. The second kappa shape index (κ2) is 15.7. The first-order chi connectivity index (χ1) is 23.4. The zero-order valence-electron chi connectivity index (χ0n) is 29.3. The summed E-state index contributed by atoms with van der Waals surface area (Å²) in [6.07, 6.45) is 12.8. The summed E-state index contributed by atoms with van der Waals surface area (Å²) in [5, 5.41) is 8.60. The molecule has 2 heterocycles. The predicted molar refractivity (Wildman–Crippen MR) is 179 cm³/mol. The van der Waals surface area contributed by atoms with Crippen LogP contribution in [-0.4, -0.2) is 86.0 Å². The minimum absolute atomic E-state index is 0.00635. The second-order valence-corrected chi connectivity index (χ2v) is 15.4. The van der Waals surface area contributed by atoms with E-state index in [-0.39, 0.29) is 35.9 Å². The molecule has 0 radical (unpaired) electrons. The van der Waals surface area contributed by atoms with Gasteiger partial charge in [0.1, 0.15) is 22.6 Å². The Morgan fingerprint density at radius 2 is 1.69 bits per heavy atom. The normalized spacial score (nSPS) is 24.2. The molecule has 1 aromatic heterocycles. The van der Waals surface area contributed by atoms with Gasteiger partial charge in [0.05, 0.1) is 17.0 Å². The van der Waals surface area contributed by atoms with Crippen LogP contribution in [0.5, 0.6) is 0 Å². The number of hydrazine groups is 1. The van der Waals surface area contributed by atoms with Gasteiger partial charge in [-0.05, 0) is 62.2 Å². The average molecular weight is 682 g/mol. The fraction of sp³-hybridized carbons (Fsp3) is 0.743. The summed E-state index contributed by atoms with van der Waals surface area (Å²) in [4.78, 5) is 91.9. The van der Waals surface area contributed by atoms with Crippen LogP contribution in [0.4, 0.5) is 0 Å². The van der Waals surface area contributed by atoms with E-state index in [1.54, 1.807) is 4.90 Å². The van der Waals surface area contributed by atoms with Crippen molar-refractivity contribution < 1.29 is 28.8 Å². The summed E-state index contributed by atoms with van der Waals surface area (Å²) >= 11 is 0. The molecule has 1 aliphatic heterocycles. The molecule has 3 aliphatic carbocycles. The molecular formula is C35H53N8O6+. The van der Waals surface area contributed by atoms with Crippen molar-refractivity contribution in [2.75, 3.05) is 6.54 Å². The number of aromatic nitrogens is 2. The molecule has 14 nitrogen and oxygen atoms in total. The molecule has 1 aromatic rings. The van der Waals surface area contributed by atoms with Crippen molar-refractivity contribution in [3.8, 4) is 0 Å². The van der Waals surface area contributed by atoms with Crippen molar-refractivity contribution >= 4 is 29.4 Å². The molecule has 4 amide bonds. The van der Waals surface area contributed by atoms with Crippen LogP contribution in [0.15, 0.2) is 18.6 Å². The zero-order valence-corrected chi connectivity index (χ0v) is 29.3. The Bertz CT molecular complexity index is 1390. The van der Waals surface area contributed by atoms with E-state index in [1.807, 2.05) is 27.7 Å². The number of Topliss-reactive ketones (excluding diaryl/α,β-unsaturated/α-hetero) is 1. The van der Waals surface area contributed by atoms with E-state index in [0.29, 0.717) is 17.8 Å². The number of fused-ring (bicyclic) bond motifs is 1. The summed E-state index contributed by atoms with van der Waals surface area (Å²) in [6, 6.07) is -2.91. The highest BCUT2D eigenvalue weighted by molar-refractivity contribution is 6.38. The Hall–Kier alpha value is -3.97. The van der Waals surface area contributed by atoms with Gasteiger partial charge >= 0.3 is 6.17 Å². The van der Waals surface area contributed by atoms with E-state index in [4.69, 9.17) is 0 Å². The molecule has 6 atom stereocenters. The summed E-state index contributed by atoms with van der Waals surface area (Å²) < 4.78 is 0. The number of carbonyl (C=O) groups is 5. The monoisotopic (exact) mass is 681 g/mol. The molecule has 3 saturated carbocycles. The highest BCUT2D eigenvalue weighted by Gasteiger charge is 2.57. The number of nitroso groups, excluding NO2 is 1. The van der Waals surface area contributed by atoms with Crippen molar-refractivity contribution in [2.45, 2.75) is 135 Å². The van der Waals surface area contributed by atoms with Crippen LogP contribution < -0.4 is 21.4 Å². The van der Waals surface area contributed by atoms with Crippen LogP contribution in [0.1, 0.15) is 115 Å². The number of likely N-dealkylation sites (tertiary alicyclic amines) is 1. The fourth-order valence-corrected chi connectivity index (χ4v) is 7.76. The van der Waals surface area contributed by atoms with Crippen LogP contribution in [-0.2, 0) is 19.2 Å². The zero-order chi connectivity index (χ0) is 35.3. The molecule has 49 heavy (non-hydrogen) atoms. The van der Waals surface area contributed by atoms with Gasteiger partial charge in [0.15, 0.2) is 6.04 Å². The molecule has 1 saturated heterocycles. The fourth-order valence-electron chi connectivity index (χ4n) is 7.76. The van der Waals surface area contributed by atoms with Gasteiger partial charge in [-0.2, -0.15) is 0 Å². The SMILES string of the molecule is CCC[C@H](N[N+](=O)[C@@H]1[C@H]2CCC[C@H]2CN1C(=O)[C@@H](NC(=O)[C@@H](NC(=O)c1cnccn1)C1CCCCC1)C(C)(C)C)C(=O)C(=O)NC1CC1. The summed E-state index contributed by atoms with van der Waals surface area (Å²) in [7, 11) is 0. The Morgan fingerprint density at radius 3 is 2.33 bits per heavy atom. The Morgan fingerprint density at radius 1 is 0.959 bits per heavy atom. The van der Waals surface area contributed by atoms with Gasteiger partial charge in [-0.1, -0.05) is 59.8 Å². The van der Waals surface area contributed by atoms with Crippen LogP contribution >= 0.6 is 0 Å². The molecule has 5 rings (SSSR count). The molecule has 0 spiro atoms. The first kappa shape index (κ1) is 36.3. The smallest absolute Gasteiger partial charge is 0.313 e. The third-order valence-corrected chi connectivity index (χ3v) is 10.6. The number of hydrogen-bond acceptors (Lipinski definition) is 8. The van der Waals surface area contributed by atoms with E-state index in [0.717, 1.165) is 64.2 Å². The van der Waals surface area contributed by atoms with Crippen LogP contribution in [0, 0.1) is 28.1 Å². The minimum Gasteiger partial charge on any atom is -0.347 e. The van der Waals surface area contributed by atoms with Gasteiger partial charge in [-0.25, -0.2) is 4.98 Å². The van der Waals surface area contributed by atoms with E-state index in [2.05, 4.69) is 31.3 Å². The molecule has 4 N–H and O–H groups in total. The van der Waals surface area contributed by atoms with Crippen molar-refractivity contribution in [1.29, 1.82) is 0 Å². The van der Waals surface area contributed by atoms with Gasteiger partial charge in [-0.3, -0.25) is 33.9 Å². The van der Waals surface area contributed by atoms with Crippen molar-refractivity contribution in [3.05, 3.63) is 29.2 Å². The lowest BCUT2D eigenvalue weighted by Gasteiger charge is -2.36. The van der Waals surface area contributed by atoms with Crippen molar-refractivity contribution in [2.24, 2.45) is 23.2 Å². The van der Waals surface area contributed by atoms with Gasteiger partial charge in [0.2, 0.25) is 11.7 Å². The van der Waals surface area contributed by atoms with Crippen LogP contribution in [0.25, 0.3) is 0 Å². The number of nitrogens with zero attached hydrogens (tertiary/aromatic N) is 4. The number of rotatable bonds is 14. The summed E-state index contributed by atoms with van der Waals surface area (Å²) in [6.45, 7) is 7.80. The highest BCUT2D eigenvalue weighted by atomic mass is 16.3. The summed E-state index contributed by atoms with van der Waals surface area (Å²) in [5.41, 5.74) is 2.13. The lowest BCUT2D eigenvalue weighted by molar-refractivity contribution is -0.664. The number of hydrogen-bond donors (Lipinski definition) is 4. The maximum absolute atomic E-state index is 14.6. The third-order valence-electron chi connectivity index (χ3n) is 10.6. The van der Waals surface area contributed by atoms with Gasteiger partial charge in [-0.15, -0.1) is 5.43 Å². The number of carbonyl (C=O) groups excluding carboxylic acids is 5. The number of nitrogens with one attached hydrogen (secondary N) is 4. The number of ketones is 1. The Balaban J connectivity index is 1.36. The van der Waals surface area contributed by atoms with Crippen LogP contribution in [0.3, 0.4) is 0 Å². The number of amides is 4. The molecule has 14 heteroatoms. The lowest BCUT2D eigenvalue weighted by Crippen LogP contribution is -2.62. The van der Waals surface area contributed by atoms with E-state index >= 15 is 0 Å². The van der Waals surface area contributed by atoms with E-state index in [1.165, 1.54) is 18.6 Å². The van der Waals surface area contributed by atoms with Crippen molar-refractivity contribution in [3.63, 3.8) is 0 Å². The van der Waals surface area contributed by atoms with E-state index < -0.39 is 59.1 Å². The molecule has 4 aliphatic rings.